The van der Waals surface area contributed by atoms with Gasteiger partial charge < -0.3 is 15.1 Å². The quantitative estimate of drug-likeness (QED) is 0.768. The Hall–Kier alpha value is -2.08. The predicted octanol–water partition coefficient (Wildman–Crippen LogP) is 2.17. The lowest BCUT2D eigenvalue weighted by Gasteiger charge is -2.05. The van der Waals surface area contributed by atoms with Crippen molar-refractivity contribution in [1.82, 2.24) is 10.6 Å². The van der Waals surface area contributed by atoms with E-state index < -0.39 is 0 Å². The Morgan fingerprint density at radius 2 is 2.15 bits per heavy atom. The molecule has 20 heavy (non-hydrogen) atoms. The average Bonchev–Trinajstić information content (AvgIpc) is 3.13. The minimum absolute atomic E-state index is 0.0498. The van der Waals surface area contributed by atoms with Crippen molar-refractivity contribution in [2.24, 2.45) is 0 Å². The zero-order valence-corrected chi connectivity index (χ0v) is 11.7. The fourth-order valence-corrected chi connectivity index (χ4v) is 2.27. The first-order chi connectivity index (χ1) is 9.75. The number of nitrogens with one attached hydrogen (secondary N) is 2. The third-order valence-corrected chi connectivity index (χ3v) is 3.37. The number of carbonyl (C=O) groups excluding carboxylic acids is 2. The summed E-state index contributed by atoms with van der Waals surface area (Å²) in [6.07, 6.45) is 2.56. The van der Waals surface area contributed by atoms with Gasteiger partial charge in [0.1, 0.15) is 5.76 Å². The Morgan fingerprint density at radius 1 is 1.25 bits per heavy atom. The fourth-order valence-electron chi connectivity index (χ4n) is 1.63. The van der Waals surface area contributed by atoms with Crippen LogP contribution in [-0.4, -0.2) is 18.4 Å². The van der Waals surface area contributed by atoms with Gasteiger partial charge in [0.2, 0.25) is 5.91 Å². The van der Waals surface area contributed by atoms with E-state index in [4.69, 9.17) is 4.42 Å². The van der Waals surface area contributed by atoms with Gasteiger partial charge in [-0.15, -0.1) is 0 Å². The topological polar surface area (TPSA) is 71.3 Å². The van der Waals surface area contributed by atoms with Crippen LogP contribution in [0.15, 0.2) is 39.6 Å². The number of rotatable bonds is 7. The molecule has 6 heteroatoms. The molecule has 0 radical (unpaired) electrons. The SMILES string of the molecule is O=C(CCCNC(=O)c1ccsc1)NCc1ccco1. The molecule has 0 saturated carbocycles. The van der Waals surface area contributed by atoms with E-state index in [0.717, 1.165) is 5.76 Å². The van der Waals surface area contributed by atoms with Gasteiger partial charge in [0.25, 0.3) is 5.91 Å². The van der Waals surface area contributed by atoms with E-state index >= 15 is 0 Å². The molecule has 0 aromatic carbocycles. The van der Waals surface area contributed by atoms with Crippen LogP contribution in [0.4, 0.5) is 0 Å². The number of thiophene rings is 1. The van der Waals surface area contributed by atoms with Crippen LogP contribution in [0.2, 0.25) is 0 Å². The van der Waals surface area contributed by atoms with Gasteiger partial charge in [-0.1, -0.05) is 0 Å². The lowest BCUT2D eigenvalue weighted by Crippen LogP contribution is -2.27. The molecule has 2 N–H and O–H groups in total. The van der Waals surface area contributed by atoms with Crippen molar-refractivity contribution < 1.29 is 14.0 Å². The molecule has 2 amide bonds. The molecule has 106 valence electrons. The highest BCUT2D eigenvalue weighted by molar-refractivity contribution is 7.08. The highest BCUT2D eigenvalue weighted by Gasteiger charge is 2.06. The molecule has 2 aromatic rings. The summed E-state index contributed by atoms with van der Waals surface area (Å²) in [6.45, 7) is 0.885. The van der Waals surface area contributed by atoms with Crippen LogP contribution in [-0.2, 0) is 11.3 Å². The fraction of sp³-hybridized carbons (Fsp3) is 0.286. The van der Waals surface area contributed by atoms with Crippen LogP contribution >= 0.6 is 11.3 Å². The van der Waals surface area contributed by atoms with Crippen molar-refractivity contribution in [3.05, 3.63) is 46.5 Å². The first kappa shape index (κ1) is 14.3. The van der Waals surface area contributed by atoms with Crippen molar-refractivity contribution in [2.45, 2.75) is 19.4 Å². The summed E-state index contributed by atoms with van der Waals surface area (Å²) >= 11 is 1.48. The van der Waals surface area contributed by atoms with Crippen molar-refractivity contribution >= 4 is 23.2 Å². The molecule has 5 nitrogen and oxygen atoms in total. The van der Waals surface area contributed by atoms with Crippen LogP contribution in [0.5, 0.6) is 0 Å². The van der Waals surface area contributed by atoms with Crippen LogP contribution in [0.25, 0.3) is 0 Å². The summed E-state index contributed by atoms with van der Waals surface area (Å²) in [4.78, 5) is 23.2. The molecule has 0 aliphatic rings. The minimum atomic E-state index is -0.0951. The van der Waals surface area contributed by atoms with E-state index in [1.54, 1.807) is 29.8 Å². The molecule has 0 saturated heterocycles. The smallest absolute Gasteiger partial charge is 0.252 e. The lowest BCUT2D eigenvalue weighted by molar-refractivity contribution is -0.121. The van der Waals surface area contributed by atoms with Gasteiger partial charge in [-0.25, -0.2) is 0 Å². The van der Waals surface area contributed by atoms with Crippen molar-refractivity contribution in [3.8, 4) is 0 Å². The van der Waals surface area contributed by atoms with Gasteiger partial charge >= 0.3 is 0 Å². The van der Waals surface area contributed by atoms with Gasteiger partial charge in [-0.3, -0.25) is 9.59 Å². The van der Waals surface area contributed by atoms with E-state index in [0.29, 0.717) is 31.5 Å². The number of amides is 2. The zero-order valence-electron chi connectivity index (χ0n) is 10.9. The van der Waals surface area contributed by atoms with Crippen LogP contribution in [0, 0.1) is 0 Å². The first-order valence-corrected chi connectivity index (χ1v) is 7.29. The molecule has 2 heterocycles. The second-order valence-electron chi connectivity index (χ2n) is 4.23. The molecular formula is C14H16N2O3S. The maximum atomic E-state index is 11.6. The third kappa shape index (κ3) is 4.55. The largest absolute Gasteiger partial charge is 0.467 e. The summed E-state index contributed by atoms with van der Waals surface area (Å²) in [5.74, 6) is 0.581. The van der Waals surface area contributed by atoms with Gasteiger partial charge in [-0.2, -0.15) is 11.3 Å². The number of hydrogen-bond donors (Lipinski definition) is 2. The summed E-state index contributed by atoms with van der Waals surface area (Å²) in [7, 11) is 0. The number of carbonyl (C=O) groups is 2. The molecule has 0 aliphatic carbocycles. The monoisotopic (exact) mass is 292 g/mol. The van der Waals surface area contributed by atoms with E-state index in [1.165, 1.54) is 11.3 Å². The Balaban J connectivity index is 1.56. The molecule has 2 aromatic heterocycles. The van der Waals surface area contributed by atoms with Crippen molar-refractivity contribution in [1.29, 1.82) is 0 Å². The van der Waals surface area contributed by atoms with E-state index in [9.17, 15) is 9.59 Å². The second-order valence-corrected chi connectivity index (χ2v) is 5.01. The zero-order chi connectivity index (χ0) is 14.2. The Bertz CT molecular complexity index is 535. The van der Waals surface area contributed by atoms with E-state index in [-0.39, 0.29) is 11.8 Å². The van der Waals surface area contributed by atoms with Gasteiger partial charge in [0, 0.05) is 23.9 Å². The minimum Gasteiger partial charge on any atom is -0.467 e. The maximum absolute atomic E-state index is 11.6. The van der Waals surface area contributed by atoms with Gasteiger partial charge in [0.05, 0.1) is 12.8 Å². The molecule has 0 aliphatic heterocycles. The predicted molar refractivity (Wildman–Crippen MR) is 76.4 cm³/mol. The molecule has 0 bridgehead atoms. The average molecular weight is 292 g/mol. The van der Waals surface area contributed by atoms with E-state index in [1.807, 2.05) is 5.38 Å². The normalized spacial score (nSPS) is 10.2. The van der Waals surface area contributed by atoms with E-state index in [2.05, 4.69) is 10.6 Å². The molecule has 0 spiro atoms. The van der Waals surface area contributed by atoms with Crippen LogP contribution in [0.1, 0.15) is 29.0 Å². The molecule has 0 unspecified atom stereocenters. The van der Waals surface area contributed by atoms with Gasteiger partial charge in [-0.05, 0) is 30.0 Å². The van der Waals surface area contributed by atoms with Crippen molar-refractivity contribution in [2.75, 3.05) is 6.54 Å². The first-order valence-electron chi connectivity index (χ1n) is 6.35. The van der Waals surface area contributed by atoms with Crippen LogP contribution in [0.3, 0.4) is 0 Å². The highest BCUT2D eigenvalue weighted by atomic mass is 32.1. The standard InChI is InChI=1S/C14H16N2O3S/c17-13(16-9-12-3-2-7-19-12)4-1-6-15-14(18)11-5-8-20-10-11/h2-3,5,7-8,10H,1,4,6,9H2,(H,15,18)(H,16,17). The third-order valence-electron chi connectivity index (χ3n) is 2.69. The molecular weight excluding hydrogens is 276 g/mol. The van der Waals surface area contributed by atoms with Crippen LogP contribution < -0.4 is 10.6 Å². The van der Waals surface area contributed by atoms with Crippen molar-refractivity contribution in [3.63, 3.8) is 0 Å². The Labute approximate surface area is 121 Å². The summed E-state index contributed by atoms with van der Waals surface area (Å²) in [6, 6.07) is 5.36. The molecule has 2 rings (SSSR count). The second kappa shape index (κ2) is 7.49. The number of furan rings is 1. The summed E-state index contributed by atoms with van der Waals surface area (Å²) in [5.41, 5.74) is 0.664. The summed E-state index contributed by atoms with van der Waals surface area (Å²) in [5, 5.41) is 9.19. The maximum Gasteiger partial charge on any atom is 0.252 e. The summed E-state index contributed by atoms with van der Waals surface area (Å²) < 4.78 is 5.11. The Kier molecular flexibility index (Phi) is 5.37. The van der Waals surface area contributed by atoms with Gasteiger partial charge in [0.15, 0.2) is 0 Å². The highest BCUT2D eigenvalue weighted by Crippen LogP contribution is 2.05. The molecule has 0 fully saturated rings. The lowest BCUT2D eigenvalue weighted by atomic mass is 10.2. The number of hydrogen-bond acceptors (Lipinski definition) is 4. The Morgan fingerprint density at radius 3 is 2.85 bits per heavy atom. The molecule has 0 atom stereocenters.